The number of fused-ring (bicyclic) bond motifs is 2. The number of rotatable bonds is 2. The maximum absolute atomic E-state index is 12.0. The molecule has 4 heteroatoms. The van der Waals surface area contributed by atoms with Crippen LogP contribution in [0.4, 0.5) is 0 Å². The Labute approximate surface area is 144 Å². The number of ether oxygens (including phenoxy) is 2. The highest BCUT2D eigenvalue weighted by molar-refractivity contribution is 5.91. The third kappa shape index (κ3) is 2.91. The van der Waals surface area contributed by atoms with E-state index in [4.69, 9.17) is 9.47 Å². The van der Waals surface area contributed by atoms with Crippen LogP contribution in [0.2, 0.25) is 0 Å². The molecule has 2 aliphatic carbocycles. The Hall–Kier alpha value is -1.58. The summed E-state index contributed by atoms with van der Waals surface area (Å²) < 4.78 is 11.2. The monoisotopic (exact) mass is 332 g/mol. The van der Waals surface area contributed by atoms with Crippen molar-refractivity contribution < 1.29 is 19.1 Å². The SMILES string of the molecule is CC(C)=CC(=O)O[C@H]1C[C@@H]2C[C@@H]3OC(=O)C(C)=C3C[C@]2(C)[C@@H](C)C1. The molecule has 0 radical (unpaired) electrons. The Bertz CT molecular complexity index is 626. The molecule has 0 aromatic rings. The van der Waals surface area contributed by atoms with E-state index in [2.05, 4.69) is 13.8 Å². The third-order valence-corrected chi connectivity index (χ3v) is 6.41. The van der Waals surface area contributed by atoms with Crippen molar-refractivity contribution in [2.24, 2.45) is 17.3 Å². The van der Waals surface area contributed by atoms with E-state index >= 15 is 0 Å². The van der Waals surface area contributed by atoms with Gasteiger partial charge in [-0.1, -0.05) is 19.4 Å². The summed E-state index contributed by atoms with van der Waals surface area (Å²) >= 11 is 0. The zero-order valence-corrected chi connectivity index (χ0v) is 15.3. The van der Waals surface area contributed by atoms with Crippen LogP contribution in [0.3, 0.4) is 0 Å². The van der Waals surface area contributed by atoms with Gasteiger partial charge in [-0.05, 0) is 69.3 Å². The van der Waals surface area contributed by atoms with Gasteiger partial charge >= 0.3 is 11.9 Å². The average molecular weight is 332 g/mol. The van der Waals surface area contributed by atoms with Crippen molar-refractivity contribution >= 4 is 11.9 Å². The molecule has 0 saturated heterocycles. The molecule has 0 bridgehead atoms. The van der Waals surface area contributed by atoms with Crippen LogP contribution in [-0.2, 0) is 19.1 Å². The van der Waals surface area contributed by atoms with E-state index in [9.17, 15) is 9.59 Å². The summed E-state index contributed by atoms with van der Waals surface area (Å²) in [5.41, 5.74) is 3.12. The molecule has 1 aliphatic heterocycles. The van der Waals surface area contributed by atoms with E-state index in [-0.39, 0.29) is 29.6 Å². The minimum atomic E-state index is -0.240. The fourth-order valence-electron chi connectivity index (χ4n) is 4.73. The maximum atomic E-state index is 12.0. The van der Waals surface area contributed by atoms with Crippen LogP contribution >= 0.6 is 0 Å². The first kappa shape index (κ1) is 17.2. The van der Waals surface area contributed by atoms with Gasteiger partial charge in [0.25, 0.3) is 0 Å². The summed E-state index contributed by atoms with van der Waals surface area (Å²) in [6, 6.07) is 0. The topological polar surface area (TPSA) is 52.6 Å². The van der Waals surface area contributed by atoms with E-state index in [0.717, 1.165) is 36.8 Å². The van der Waals surface area contributed by atoms with Crippen molar-refractivity contribution in [3.05, 3.63) is 22.8 Å². The van der Waals surface area contributed by atoms with Gasteiger partial charge in [-0.15, -0.1) is 0 Å². The Balaban J connectivity index is 1.76. The van der Waals surface area contributed by atoms with Crippen LogP contribution in [0, 0.1) is 17.3 Å². The molecule has 0 N–H and O–H groups in total. The number of esters is 2. The first-order valence-corrected chi connectivity index (χ1v) is 8.97. The van der Waals surface area contributed by atoms with Crippen molar-refractivity contribution in [1.82, 2.24) is 0 Å². The molecular weight excluding hydrogens is 304 g/mol. The van der Waals surface area contributed by atoms with E-state index < -0.39 is 0 Å². The third-order valence-electron chi connectivity index (χ3n) is 6.41. The van der Waals surface area contributed by atoms with Crippen LogP contribution in [0.1, 0.15) is 60.3 Å². The zero-order valence-electron chi connectivity index (χ0n) is 15.3. The molecule has 0 spiro atoms. The minimum Gasteiger partial charge on any atom is -0.459 e. The second kappa shape index (κ2) is 6.05. The number of carbonyl (C=O) groups excluding carboxylic acids is 2. The minimum absolute atomic E-state index is 0.0371. The standard InChI is InChI=1S/C20H28O4/c1-11(2)6-18(21)23-15-7-12(3)20(5)10-16-13(4)19(22)24-17(16)9-14(20)8-15/h6,12,14-15,17H,7-10H2,1-5H3/t12-,14+,15+,17-,20+/m0/s1. The molecule has 4 nitrogen and oxygen atoms in total. The fraction of sp³-hybridized carbons (Fsp3) is 0.700. The highest BCUT2D eigenvalue weighted by Gasteiger charge is 2.53. The number of carbonyl (C=O) groups is 2. The van der Waals surface area contributed by atoms with Gasteiger partial charge in [0.15, 0.2) is 0 Å². The van der Waals surface area contributed by atoms with Gasteiger partial charge in [0.1, 0.15) is 12.2 Å². The van der Waals surface area contributed by atoms with E-state index in [1.54, 1.807) is 6.08 Å². The van der Waals surface area contributed by atoms with E-state index in [1.165, 1.54) is 5.57 Å². The lowest BCUT2D eigenvalue weighted by atomic mass is 9.54. The van der Waals surface area contributed by atoms with Crippen LogP contribution < -0.4 is 0 Å². The van der Waals surface area contributed by atoms with Gasteiger partial charge in [0, 0.05) is 11.6 Å². The van der Waals surface area contributed by atoms with E-state index in [0.29, 0.717) is 11.8 Å². The summed E-state index contributed by atoms with van der Waals surface area (Å²) in [7, 11) is 0. The van der Waals surface area contributed by atoms with Crippen LogP contribution in [0.5, 0.6) is 0 Å². The summed E-state index contributed by atoms with van der Waals surface area (Å²) in [5.74, 6) is 0.461. The zero-order chi connectivity index (χ0) is 17.6. The summed E-state index contributed by atoms with van der Waals surface area (Å²) in [5, 5.41) is 0. The van der Waals surface area contributed by atoms with Crippen molar-refractivity contribution in [3.63, 3.8) is 0 Å². The lowest BCUT2D eigenvalue weighted by molar-refractivity contribution is -0.152. The lowest BCUT2D eigenvalue weighted by Crippen LogP contribution is -2.48. The molecule has 3 rings (SSSR count). The summed E-state index contributed by atoms with van der Waals surface area (Å²) in [6.45, 7) is 10.3. The molecule has 24 heavy (non-hydrogen) atoms. The number of allylic oxidation sites excluding steroid dienone is 1. The molecule has 132 valence electrons. The normalized spacial score (nSPS) is 38.1. The summed E-state index contributed by atoms with van der Waals surface area (Å²) in [6.07, 6.45) is 5.00. The first-order valence-electron chi connectivity index (χ1n) is 8.97. The number of hydrogen-bond donors (Lipinski definition) is 0. The van der Waals surface area contributed by atoms with Crippen molar-refractivity contribution in [3.8, 4) is 0 Å². The second-order valence-electron chi connectivity index (χ2n) is 8.31. The van der Waals surface area contributed by atoms with Gasteiger partial charge in [-0.25, -0.2) is 9.59 Å². The number of hydrogen-bond acceptors (Lipinski definition) is 4. The molecule has 0 aromatic carbocycles. The lowest BCUT2D eigenvalue weighted by Gasteiger charge is -2.52. The fourth-order valence-corrected chi connectivity index (χ4v) is 4.73. The smallest absolute Gasteiger partial charge is 0.334 e. The molecule has 2 fully saturated rings. The van der Waals surface area contributed by atoms with Crippen LogP contribution in [-0.4, -0.2) is 24.1 Å². The second-order valence-corrected chi connectivity index (χ2v) is 8.31. The Morgan fingerprint density at radius 3 is 2.67 bits per heavy atom. The highest BCUT2D eigenvalue weighted by Crippen LogP contribution is 2.57. The Kier molecular flexibility index (Phi) is 4.35. The predicted molar refractivity (Wildman–Crippen MR) is 91.1 cm³/mol. The molecule has 1 heterocycles. The first-order chi connectivity index (χ1) is 11.2. The van der Waals surface area contributed by atoms with E-state index in [1.807, 2.05) is 20.8 Å². The van der Waals surface area contributed by atoms with Crippen molar-refractivity contribution in [2.75, 3.05) is 0 Å². The predicted octanol–water partition coefficient (Wildman–Crippen LogP) is 3.95. The van der Waals surface area contributed by atoms with Gasteiger partial charge in [0.05, 0.1) is 0 Å². The Morgan fingerprint density at radius 1 is 1.29 bits per heavy atom. The van der Waals surface area contributed by atoms with Gasteiger partial charge in [-0.3, -0.25) is 0 Å². The largest absolute Gasteiger partial charge is 0.459 e. The average Bonchev–Trinajstić information content (AvgIpc) is 2.72. The summed E-state index contributed by atoms with van der Waals surface area (Å²) in [4.78, 5) is 23.8. The molecule has 3 aliphatic rings. The van der Waals surface area contributed by atoms with Crippen LogP contribution in [0.15, 0.2) is 22.8 Å². The van der Waals surface area contributed by atoms with Gasteiger partial charge in [0.2, 0.25) is 0 Å². The molecule has 2 saturated carbocycles. The van der Waals surface area contributed by atoms with Crippen molar-refractivity contribution in [1.29, 1.82) is 0 Å². The van der Waals surface area contributed by atoms with Gasteiger partial charge in [-0.2, -0.15) is 0 Å². The van der Waals surface area contributed by atoms with Gasteiger partial charge < -0.3 is 9.47 Å². The quantitative estimate of drug-likeness (QED) is 0.567. The molecular formula is C20H28O4. The molecule has 0 unspecified atom stereocenters. The van der Waals surface area contributed by atoms with Crippen molar-refractivity contribution in [2.45, 2.75) is 72.5 Å². The highest BCUT2D eigenvalue weighted by atomic mass is 16.6. The van der Waals surface area contributed by atoms with Crippen LogP contribution in [0.25, 0.3) is 0 Å². The Morgan fingerprint density at radius 2 is 2.00 bits per heavy atom. The molecule has 0 amide bonds. The maximum Gasteiger partial charge on any atom is 0.334 e. The molecule has 0 aromatic heterocycles. The molecule has 5 atom stereocenters.